The third kappa shape index (κ3) is 5.13. The molecule has 1 aliphatic rings. The number of hydrogen-bond acceptors (Lipinski definition) is 4. The highest BCUT2D eigenvalue weighted by Crippen LogP contribution is 2.30. The number of aliphatic hydroxyl groups is 1. The van der Waals surface area contributed by atoms with Gasteiger partial charge in [0.15, 0.2) is 0 Å². The van der Waals surface area contributed by atoms with Crippen LogP contribution in [0.5, 0.6) is 5.75 Å². The predicted octanol–water partition coefficient (Wildman–Crippen LogP) is 3.84. The molecule has 28 heavy (non-hydrogen) atoms. The molecular formula is C24H34N2O2. The lowest BCUT2D eigenvalue weighted by Crippen LogP contribution is -2.38. The fourth-order valence-corrected chi connectivity index (χ4v) is 4.26. The molecule has 0 aliphatic carbocycles. The molecule has 0 aromatic heterocycles. The molecule has 2 aromatic carbocycles. The normalized spacial score (nSPS) is 21.8. The summed E-state index contributed by atoms with van der Waals surface area (Å²) in [7, 11) is 1.74. The van der Waals surface area contributed by atoms with Gasteiger partial charge in [-0.15, -0.1) is 0 Å². The zero-order valence-electron chi connectivity index (χ0n) is 17.2. The third-order valence-corrected chi connectivity index (χ3v) is 5.82. The SMILES string of the molecule is CCCCc1ccc(OC)c(CNC2C(CCO)CNC2c2ccccc2)c1. The van der Waals surface area contributed by atoms with Gasteiger partial charge in [-0.05, 0) is 42.4 Å². The Morgan fingerprint density at radius 1 is 1.18 bits per heavy atom. The summed E-state index contributed by atoms with van der Waals surface area (Å²) in [4.78, 5) is 0. The van der Waals surface area contributed by atoms with Crippen LogP contribution in [0.4, 0.5) is 0 Å². The summed E-state index contributed by atoms with van der Waals surface area (Å²) in [6.45, 7) is 4.14. The average molecular weight is 383 g/mol. The Balaban J connectivity index is 1.75. The van der Waals surface area contributed by atoms with Crippen molar-refractivity contribution < 1.29 is 9.84 Å². The Kier molecular flexibility index (Phi) is 7.90. The van der Waals surface area contributed by atoms with Gasteiger partial charge in [0.25, 0.3) is 0 Å². The average Bonchev–Trinajstić information content (AvgIpc) is 3.14. The number of nitrogens with one attached hydrogen (secondary N) is 2. The van der Waals surface area contributed by atoms with E-state index in [4.69, 9.17) is 4.74 Å². The Labute approximate surface area is 169 Å². The molecule has 1 aliphatic heterocycles. The van der Waals surface area contributed by atoms with E-state index in [0.717, 1.165) is 31.7 Å². The van der Waals surface area contributed by atoms with Gasteiger partial charge in [-0.1, -0.05) is 55.8 Å². The molecule has 1 saturated heterocycles. The van der Waals surface area contributed by atoms with E-state index in [1.54, 1.807) is 7.11 Å². The van der Waals surface area contributed by atoms with Crippen LogP contribution >= 0.6 is 0 Å². The van der Waals surface area contributed by atoms with E-state index < -0.39 is 0 Å². The molecule has 3 unspecified atom stereocenters. The smallest absolute Gasteiger partial charge is 0.123 e. The highest BCUT2D eigenvalue weighted by atomic mass is 16.5. The monoisotopic (exact) mass is 382 g/mol. The lowest BCUT2D eigenvalue weighted by atomic mass is 9.91. The summed E-state index contributed by atoms with van der Waals surface area (Å²) >= 11 is 0. The van der Waals surface area contributed by atoms with Crippen molar-refractivity contribution in [3.63, 3.8) is 0 Å². The number of aryl methyl sites for hydroxylation is 1. The maximum Gasteiger partial charge on any atom is 0.123 e. The van der Waals surface area contributed by atoms with E-state index in [9.17, 15) is 5.11 Å². The van der Waals surface area contributed by atoms with E-state index in [2.05, 4.69) is 66.1 Å². The molecule has 0 saturated carbocycles. The van der Waals surface area contributed by atoms with Gasteiger partial charge in [-0.25, -0.2) is 0 Å². The van der Waals surface area contributed by atoms with Crippen LogP contribution in [0.1, 0.15) is 48.9 Å². The number of methoxy groups -OCH3 is 1. The molecule has 0 spiro atoms. The Hall–Kier alpha value is -1.88. The molecule has 3 N–H and O–H groups in total. The van der Waals surface area contributed by atoms with Crippen LogP contribution in [-0.2, 0) is 13.0 Å². The minimum Gasteiger partial charge on any atom is -0.496 e. The molecule has 4 nitrogen and oxygen atoms in total. The van der Waals surface area contributed by atoms with Gasteiger partial charge in [-0.2, -0.15) is 0 Å². The van der Waals surface area contributed by atoms with Gasteiger partial charge in [0, 0.05) is 37.3 Å². The maximum atomic E-state index is 9.51. The van der Waals surface area contributed by atoms with Crippen molar-refractivity contribution in [1.82, 2.24) is 10.6 Å². The summed E-state index contributed by atoms with van der Waals surface area (Å²) in [6.07, 6.45) is 4.33. The first-order chi connectivity index (χ1) is 13.8. The quantitative estimate of drug-likeness (QED) is 0.584. The van der Waals surface area contributed by atoms with Crippen molar-refractivity contribution in [2.75, 3.05) is 20.3 Å². The number of unbranched alkanes of at least 4 members (excludes halogenated alkanes) is 1. The summed E-state index contributed by atoms with van der Waals surface area (Å²) < 4.78 is 5.61. The van der Waals surface area contributed by atoms with Gasteiger partial charge in [0.2, 0.25) is 0 Å². The van der Waals surface area contributed by atoms with Crippen LogP contribution in [0.3, 0.4) is 0 Å². The van der Waals surface area contributed by atoms with Crippen LogP contribution < -0.4 is 15.4 Å². The minimum atomic E-state index is 0.224. The molecular weight excluding hydrogens is 348 g/mol. The molecule has 0 amide bonds. The number of benzene rings is 2. The molecule has 1 fully saturated rings. The Morgan fingerprint density at radius 2 is 2.00 bits per heavy atom. The molecule has 1 heterocycles. The van der Waals surface area contributed by atoms with Crippen LogP contribution in [0.2, 0.25) is 0 Å². The second kappa shape index (κ2) is 10.6. The lowest BCUT2D eigenvalue weighted by Gasteiger charge is -2.26. The van der Waals surface area contributed by atoms with Crippen LogP contribution in [0.15, 0.2) is 48.5 Å². The molecule has 2 aromatic rings. The third-order valence-electron chi connectivity index (χ3n) is 5.82. The van der Waals surface area contributed by atoms with Crippen molar-refractivity contribution in [2.45, 2.75) is 51.2 Å². The topological polar surface area (TPSA) is 53.5 Å². The molecule has 0 radical (unpaired) electrons. The van der Waals surface area contributed by atoms with E-state index >= 15 is 0 Å². The second-order valence-corrected chi connectivity index (χ2v) is 7.73. The molecule has 3 rings (SSSR count). The second-order valence-electron chi connectivity index (χ2n) is 7.73. The number of hydrogen-bond donors (Lipinski definition) is 3. The van der Waals surface area contributed by atoms with Crippen molar-refractivity contribution >= 4 is 0 Å². The number of rotatable bonds is 10. The fraction of sp³-hybridized carbons (Fsp3) is 0.500. The van der Waals surface area contributed by atoms with Crippen molar-refractivity contribution in [3.05, 3.63) is 65.2 Å². The number of aliphatic hydroxyl groups excluding tert-OH is 1. The molecule has 152 valence electrons. The predicted molar refractivity (Wildman–Crippen MR) is 115 cm³/mol. The lowest BCUT2D eigenvalue weighted by molar-refractivity contribution is 0.243. The molecule has 0 bridgehead atoms. The van der Waals surface area contributed by atoms with E-state index in [-0.39, 0.29) is 18.7 Å². The molecule has 4 heteroatoms. The van der Waals surface area contributed by atoms with E-state index in [1.807, 2.05) is 0 Å². The standard InChI is InChI=1S/C24H34N2O2/c1-3-4-8-18-11-12-22(28-2)21(15-18)17-26-24-20(13-14-27)16-25-23(24)19-9-6-5-7-10-19/h5-7,9-12,15,20,23-27H,3-4,8,13-14,16-17H2,1-2H3. The zero-order valence-corrected chi connectivity index (χ0v) is 17.2. The summed E-state index contributed by atoms with van der Waals surface area (Å²) in [5.74, 6) is 1.35. The minimum absolute atomic E-state index is 0.224. The van der Waals surface area contributed by atoms with Crippen LogP contribution in [-0.4, -0.2) is 31.4 Å². The highest BCUT2D eigenvalue weighted by Gasteiger charge is 2.35. The largest absolute Gasteiger partial charge is 0.496 e. The first-order valence-electron chi connectivity index (χ1n) is 10.5. The summed E-state index contributed by atoms with van der Waals surface area (Å²) in [6, 6.07) is 17.7. The van der Waals surface area contributed by atoms with Gasteiger partial charge in [-0.3, -0.25) is 0 Å². The van der Waals surface area contributed by atoms with E-state index in [0.29, 0.717) is 5.92 Å². The van der Waals surface area contributed by atoms with E-state index in [1.165, 1.54) is 29.5 Å². The zero-order chi connectivity index (χ0) is 19.8. The number of ether oxygens (including phenoxy) is 1. The highest BCUT2D eigenvalue weighted by molar-refractivity contribution is 5.37. The van der Waals surface area contributed by atoms with Gasteiger partial charge in [0.1, 0.15) is 5.75 Å². The summed E-state index contributed by atoms with van der Waals surface area (Å²) in [5.41, 5.74) is 3.87. The Morgan fingerprint density at radius 3 is 2.71 bits per heavy atom. The van der Waals surface area contributed by atoms with Crippen molar-refractivity contribution in [3.8, 4) is 5.75 Å². The first-order valence-corrected chi connectivity index (χ1v) is 10.5. The Bertz CT molecular complexity index is 720. The van der Waals surface area contributed by atoms with Crippen molar-refractivity contribution in [1.29, 1.82) is 0 Å². The van der Waals surface area contributed by atoms with Gasteiger partial charge in [0.05, 0.1) is 7.11 Å². The van der Waals surface area contributed by atoms with Gasteiger partial charge < -0.3 is 20.5 Å². The van der Waals surface area contributed by atoms with Crippen LogP contribution in [0.25, 0.3) is 0 Å². The molecule has 3 atom stereocenters. The maximum absolute atomic E-state index is 9.51. The van der Waals surface area contributed by atoms with Crippen molar-refractivity contribution in [2.24, 2.45) is 5.92 Å². The first kappa shape index (κ1) is 20.8. The summed E-state index contributed by atoms with van der Waals surface area (Å²) in [5, 5.41) is 17.0. The van der Waals surface area contributed by atoms with Crippen LogP contribution in [0, 0.1) is 5.92 Å². The van der Waals surface area contributed by atoms with Gasteiger partial charge >= 0.3 is 0 Å². The fourth-order valence-electron chi connectivity index (χ4n) is 4.26.